The van der Waals surface area contributed by atoms with Gasteiger partial charge in [-0.2, -0.15) is 0 Å². The Hall–Kier alpha value is -1.45. The molecule has 8 aliphatic rings. The summed E-state index contributed by atoms with van der Waals surface area (Å²) in [6.07, 6.45) is -13.5. The summed E-state index contributed by atoms with van der Waals surface area (Å²) in [6, 6.07) is 0. The molecule has 9 N–H and O–H groups in total. The van der Waals surface area contributed by atoms with Crippen molar-refractivity contribution in [2.24, 2.45) is 35.0 Å². The zero-order valence-corrected chi connectivity index (χ0v) is 30.1. The summed E-state index contributed by atoms with van der Waals surface area (Å²) < 4.78 is 36.5. The average molecular weight is 755 g/mol. The van der Waals surface area contributed by atoms with Crippen molar-refractivity contribution in [3.8, 4) is 0 Å². The Balaban J connectivity index is 1.08. The molecular weight excluding hydrogens is 700 g/mol. The topological polar surface area (TPSA) is 255 Å². The van der Waals surface area contributed by atoms with Crippen LogP contribution in [0, 0.1) is 35.0 Å². The van der Waals surface area contributed by atoms with Crippen LogP contribution in [0.4, 0.5) is 0 Å². The van der Waals surface area contributed by atoms with E-state index < -0.39 is 115 Å². The first kappa shape index (κ1) is 38.4. The first-order valence-corrected chi connectivity index (χ1v) is 19.1. The van der Waals surface area contributed by atoms with Crippen LogP contribution in [0.2, 0.25) is 0 Å². The molecule has 4 aliphatic carbocycles. The van der Waals surface area contributed by atoms with Crippen molar-refractivity contribution in [2.45, 2.75) is 144 Å². The Labute approximate surface area is 306 Å². The van der Waals surface area contributed by atoms with E-state index in [1.54, 1.807) is 6.92 Å². The molecule has 1 saturated carbocycles. The van der Waals surface area contributed by atoms with E-state index in [9.17, 15) is 50.8 Å². The Bertz CT molecular complexity index is 1490. The molecule has 0 bridgehead atoms. The van der Waals surface area contributed by atoms with Crippen LogP contribution in [0.25, 0.3) is 0 Å². The smallest absolute Gasteiger partial charge is 0.203 e. The SMILES string of the molecule is C[C@@H]1O[C@@H](O[C@H]2[C@H](O[C@@H]3C[C@H](O)CC4=CC[C@H]5C6=C(CC[C@@H]5[C@]43C)[C@H]3[C@H](O[C@@]4(OC[C@H](C)[C@@H](O)[C@@H]4O)[C@H]3CO)C6=O)OC[C@H](O)[C@@H]2O)[C@H](O)[C@H](O)[C@H]1O. The number of aliphatic hydroxyl groups excluding tert-OH is 9. The van der Waals surface area contributed by atoms with Gasteiger partial charge in [-0.15, -0.1) is 0 Å². The molecule has 5 fully saturated rings. The average Bonchev–Trinajstić information content (AvgIpc) is 3.61. The predicted octanol–water partition coefficient (Wildman–Crippen LogP) is -2.23. The summed E-state index contributed by atoms with van der Waals surface area (Å²) in [6.45, 7) is 4.67. The molecule has 8 rings (SSSR count). The summed E-state index contributed by atoms with van der Waals surface area (Å²) in [7, 11) is 0. The molecule has 0 aromatic carbocycles. The lowest BCUT2D eigenvalue weighted by Crippen LogP contribution is -2.63. The third kappa shape index (κ3) is 5.70. The molecule has 16 heteroatoms. The Kier molecular flexibility index (Phi) is 10.1. The molecule has 16 nitrogen and oxygen atoms in total. The third-order valence-electron chi connectivity index (χ3n) is 14.0. The largest absolute Gasteiger partial charge is 0.396 e. The molecule has 0 amide bonds. The van der Waals surface area contributed by atoms with Crippen LogP contribution >= 0.6 is 0 Å². The number of rotatable bonds is 5. The number of fused-ring (bicyclic) bond motifs is 6. The third-order valence-corrected chi connectivity index (χ3v) is 14.0. The summed E-state index contributed by atoms with van der Waals surface area (Å²) in [5.74, 6) is -3.98. The fourth-order valence-corrected chi connectivity index (χ4v) is 11.0. The van der Waals surface area contributed by atoms with Gasteiger partial charge < -0.3 is 74.4 Å². The van der Waals surface area contributed by atoms with E-state index in [1.165, 1.54) is 6.92 Å². The van der Waals surface area contributed by atoms with Gasteiger partial charge >= 0.3 is 0 Å². The highest BCUT2D eigenvalue weighted by Gasteiger charge is 2.69. The van der Waals surface area contributed by atoms with Crippen LogP contribution in [0.3, 0.4) is 0 Å². The van der Waals surface area contributed by atoms with Gasteiger partial charge in [0, 0.05) is 35.2 Å². The molecule has 53 heavy (non-hydrogen) atoms. The van der Waals surface area contributed by atoms with E-state index >= 15 is 0 Å². The molecule has 1 spiro atoms. The van der Waals surface area contributed by atoms with Crippen LogP contribution in [0.5, 0.6) is 0 Å². The minimum absolute atomic E-state index is 0.100. The van der Waals surface area contributed by atoms with Crippen LogP contribution in [0.15, 0.2) is 22.8 Å². The van der Waals surface area contributed by atoms with E-state index in [-0.39, 0.29) is 43.2 Å². The highest BCUT2D eigenvalue weighted by Crippen LogP contribution is 2.64. The maximum atomic E-state index is 14.4. The lowest BCUT2D eigenvalue weighted by molar-refractivity contribution is -0.362. The lowest BCUT2D eigenvalue weighted by atomic mass is 9.51. The Morgan fingerprint density at radius 1 is 0.925 bits per heavy atom. The Morgan fingerprint density at radius 3 is 2.42 bits per heavy atom. The summed E-state index contributed by atoms with van der Waals surface area (Å²) in [5.41, 5.74) is 1.76. The number of aliphatic hydroxyl groups is 9. The number of ketones is 1. The zero-order chi connectivity index (χ0) is 37.9. The van der Waals surface area contributed by atoms with Gasteiger partial charge in [0.25, 0.3) is 0 Å². The number of carbonyl (C=O) groups is 1. The fourth-order valence-electron chi connectivity index (χ4n) is 11.0. The van der Waals surface area contributed by atoms with E-state index in [0.29, 0.717) is 31.3 Å². The van der Waals surface area contributed by atoms with Gasteiger partial charge in [-0.05, 0) is 44.4 Å². The molecule has 4 aliphatic heterocycles. The van der Waals surface area contributed by atoms with Crippen molar-refractivity contribution in [3.63, 3.8) is 0 Å². The van der Waals surface area contributed by atoms with Crippen LogP contribution in [0.1, 0.15) is 52.9 Å². The highest BCUT2D eigenvalue weighted by atomic mass is 16.8. The van der Waals surface area contributed by atoms with Crippen LogP contribution in [-0.4, -0.2) is 163 Å². The van der Waals surface area contributed by atoms with Crippen molar-refractivity contribution in [1.82, 2.24) is 0 Å². The number of hydrogen-bond donors (Lipinski definition) is 9. The fraction of sp³-hybridized carbons (Fsp3) is 0.865. The summed E-state index contributed by atoms with van der Waals surface area (Å²) in [4.78, 5) is 14.4. The molecule has 0 radical (unpaired) electrons. The second-order valence-electron chi connectivity index (χ2n) is 16.9. The van der Waals surface area contributed by atoms with Crippen LogP contribution < -0.4 is 0 Å². The van der Waals surface area contributed by atoms with Gasteiger partial charge in [0.2, 0.25) is 5.79 Å². The van der Waals surface area contributed by atoms with Crippen molar-refractivity contribution in [1.29, 1.82) is 0 Å². The van der Waals surface area contributed by atoms with E-state index in [1.807, 2.05) is 6.92 Å². The zero-order valence-electron chi connectivity index (χ0n) is 30.1. The minimum atomic E-state index is -1.71. The van der Waals surface area contributed by atoms with Gasteiger partial charge in [0.15, 0.2) is 18.4 Å². The minimum Gasteiger partial charge on any atom is -0.396 e. The van der Waals surface area contributed by atoms with Gasteiger partial charge in [-0.25, -0.2) is 0 Å². The first-order chi connectivity index (χ1) is 25.1. The number of allylic oxidation sites excluding steroid dienone is 1. The van der Waals surface area contributed by atoms with Gasteiger partial charge in [-0.1, -0.05) is 31.1 Å². The molecule has 21 atom stereocenters. The molecule has 4 heterocycles. The molecule has 298 valence electrons. The quantitative estimate of drug-likeness (QED) is 0.135. The van der Waals surface area contributed by atoms with Gasteiger partial charge in [-0.3, -0.25) is 4.79 Å². The molecule has 0 unspecified atom stereocenters. The van der Waals surface area contributed by atoms with Crippen molar-refractivity contribution < 1.29 is 79.2 Å². The summed E-state index contributed by atoms with van der Waals surface area (Å²) >= 11 is 0. The standard InChI is InChI=1S/C37H54O16/c1-13-11-49-37(33(47)25(13)41)20(10-38)24-18-6-7-19-17(23(18)28(44)31(24)53-37)5-4-15-8-16(39)9-22(36(15,19)3)51-35-32(27(43)21(40)12-48-35)52-34-30(46)29(45)26(42)14(2)50-34/h4,13-14,16-17,19-22,24-27,29-35,38-43,45-47H,5-12H2,1-3H3/t13-,14-,16+,17+,19-,20-,21-,22+,24+,25+,26-,27-,29+,30+,31-,32+,33-,34-,35-,36-,37-/m0/s1. The van der Waals surface area contributed by atoms with E-state index in [2.05, 4.69) is 6.08 Å². The molecule has 4 saturated heterocycles. The van der Waals surface area contributed by atoms with Gasteiger partial charge in [0.05, 0.1) is 44.2 Å². The Morgan fingerprint density at radius 2 is 1.68 bits per heavy atom. The maximum absolute atomic E-state index is 14.4. The second kappa shape index (κ2) is 13.9. The van der Waals surface area contributed by atoms with E-state index in [4.69, 9.17) is 28.4 Å². The normalized spacial score (nSPS) is 55.4. The lowest BCUT2D eigenvalue weighted by Gasteiger charge is -2.56. The second-order valence-corrected chi connectivity index (χ2v) is 16.9. The van der Waals surface area contributed by atoms with E-state index in [0.717, 1.165) is 11.1 Å². The highest BCUT2D eigenvalue weighted by molar-refractivity contribution is 6.04. The number of ether oxygens (including phenoxy) is 6. The number of hydrogen-bond acceptors (Lipinski definition) is 16. The van der Waals surface area contributed by atoms with Gasteiger partial charge in [0.1, 0.15) is 48.8 Å². The van der Waals surface area contributed by atoms with Crippen molar-refractivity contribution in [3.05, 3.63) is 22.8 Å². The maximum Gasteiger partial charge on any atom is 0.203 e. The summed E-state index contributed by atoms with van der Waals surface area (Å²) in [5, 5.41) is 96.6. The number of Topliss-reactive ketones (excluding diaryl/α,β-unsaturated/α-hetero) is 1. The number of carbonyl (C=O) groups excluding carboxylic acids is 1. The first-order valence-electron chi connectivity index (χ1n) is 19.1. The molecule has 0 aromatic rings. The van der Waals surface area contributed by atoms with Crippen LogP contribution in [-0.2, 0) is 33.2 Å². The monoisotopic (exact) mass is 754 g/mol. The van der Waals surface area contributed by atoms with Crippen molar-refractivity contribution in [2.75, 3.05) is 19.8 Å². The van der Waals surface area contributed by atoms with Crippen molar-refractivity contribution >= 4 is 5.78 Å². The molecular formula is C37H54O16. The molecule has 0 aromatic heterocycles. The predicted molar refractivity (Wildman–Crippen MR) is 177 cm³/mol.